The number of benzene rings is 1. The van der Waals surface area contributed by atoms with Gasteiger partial charge in [-0.3, -0.25) is 9.59 Å². The van der Waals surface area contributed by atoms with E-state index in [-0.39, 0.29) is 17.7 Å². The van der Waals surface area contributed by atoms with E-state index in [0.29, 0.717) is 30.6 Å². The lowest BCUT2D eigenvalue weighted by Crippen LogP contribution is -2.49. The molecule has 0 spiro atoms. The Bertz CT molecular complexity index is 1230. The Morgan fingerprint density at radius 2 is 1.95 bits per heavy atom. The lowest BCUT2D eigenvalue weighted by molar-refractivity contribution is -0.132. The van der Waals surface area contributed by atoms with Crippen LogP contribution in [-0.4, -0.2) is 70.4 Å². The molecule has 1 fully saturated rings. The van der Waals surface area contributed by atoms with Crippen LogP contribution in [0.3, 0.4) is 0 Å². The molecule has 1 saturated heterocycles. The molecule has 7 nitrogen and oxygen atoms in total. The number of nitrogens with zero attached hydrogens (tertiary/aromatic N) is 4. The van der Waals surface area contributed by atoms with Crippen molar-refractivity contribution in [3.8, 4) is 0 Å². The second kappa shape index (κ2) is 12.4. The molecule has 4 rings (SSSR count). The van der Waals surface area contributed by atoms with Crippen molar-refractivity contribution >= 4 is 34.2 Å². The molecule has 0 saturated carbocycles. The van der Waals surface area contributed by atoms with Crippen molar-refractivity contribution in [3.05, 3.63) is 52.0 Å². The van der Waals surface area contributed by atoms with Gasteiger partial charge in [0.15, 0.2) is 0 Å². The maximum absolute atomic E-state index is 13.4. The number of nitrogens with one attached hydrogen (secondary N) is 1. The van der Waals surface area contributed by atoms with E-state index in [1.54, 1.807) is 11.3 Å². The molecule has 0 radical (unpaired) electrons. The normalized spacial score (nSPS) is 16.8. The SMILES string of the molecule is CCC(CC)n1c(Cc2cccs2)nc2cc(C(=O)N[C@@H](CC(C)C)C(=O)N3CC[C@H](N(C)C)C3)ccc21. The molecule has 0 aliphatic carbocycles. The molecular weight excluding hydrogens is 494 g/mol. The van der Waals surface area contributed by atoms with Crippen LogP contribution in [0.15, 0.2) is 35.7 Å². The number of carbonyl (C=O) groups excluding carboxylic acids is 2. The second-order valence-electron chi connectivity index (χ2n) is 11.2. The van der Waals surface area contributed by atoms with Crippen molar-refractivity contribution < 1.29 is 9.59 Å². The summed E-state index contributed by atoms with van der Waals surface area (Å²) in [5, 5.41) is 5.17. The van der Waals surface area contributed by atoms with Gasteiger partial charge in [-0.25, -0.2) is 4.98 Å². The summed E-state index contributed by atoms with van der Waals surface area (Å²) in [6.45, 7) is 10.0. The quantitative estimate of drug-likeness (QED) is 0.358. The van der Waals surface area contributed by atoms with Crippen molar-refractivity contribution in [2.24, 2.45) is 5.92 Å². The van der Waals surface area contributed by atoms with E-state index in [2.05, 4.69) is 74.1 Å². The molecule has 38 heavy (non-hydrogen) atoms. The Labute approximate surface area is 231 Å². The first-order valence-electron chi connectivity index (χ1n) is 14.0. The molecule has 206 valence electrons. The van der Waals surface area contributed by atoms with Gasteiger partial charge >= 0.3 is 0 Å². The van der Waals surface area contributed by atoms with Crippen molar-refractivity contribution in [2.45, 2.75) is 77.9 Å². The van der Waals surface area contributed by atoms with Crippen LogP contribution in [0.2, 0.25) is 0 Å². The molecule has 3 heterocycles. The number of amides is 2. The first-order chi connectivity index (χ1) is 18.2. The standard InChI is InChI=1S/C30H43N5O2S/c1-7-22(8-2)35-27-12-11-21(17-25(27)31-28(35)18-24-10-9-15-38-24)29(36)32-26(16-20(3)4)30(37)34-14-13-23(19-34)33(5)6/h9-12,15,17,20,22-23,26H,7-8,13-14,16,18-19H2,1-6H3,(H,32,36)/t23-,26-/m0/s1. The number of thiophene rings is 1. The molecule has 2 amide bonds. The van der Waals surface area contributed by atoms with Crippen LogP contribution in [0.1, 0.15) is 80.5 Å². The van der Waals surface area contributed by atoms with Gasteiger partial charge in [-0.15, -0.1) is 11.3 Å². The van der Waals surface area contributed by atoms with Gasteiger partial charge in [0.2, 0.25) is 5.91 Å². The first-order valence-corrected chi connectivity index (χ1v) is 14.9. The average Bonchev–Trinajstić information content (AvgIpc) is 3.64. The van der Waals surface area contributed by atoms with Crippen molar-refractivity contribution in [2.75, 3.05) is 27.2 Å². The van der Waals surface area contributed by atoms with E-state index in [9.17, 15) is 9.59 Å². The summed E-state index contributed by atoms with van der Waals surface area (Å²) < 4.78 is 2.36. The van der Waals surface area contributed by atoms with Crippen molar-refractivity contribution in [1.82, 2.24) is 24.7 Å². The van der Waals surface area contributed by atoms with E-state index in [0.717, 1.165) is 49.1 Å². The summed E-state index contributed by atoms with van der Waals surface area (Å²) in [5.74, 6) is 1.13. The Kier molecular flexibility index (Phi) is 9.26. The second-order valence-corrected chi connectivity index (χ2v) is 12.2. The Balaban J connectivity index is 1.58. The number of fused-ring (bicyclic) bond motifs is 1. The Morgan fingerprint density at radius 1 is 1.18 bits per heavy atom. The minimum absolute atomic E-state index is 0.0220. The zero-order chi connectivity index (χ0) is 27.4. The first kappa shape index (κ1) is 28.3. The number of rotatable bonds is 11. The van der Waals surface area contributed by atoms with Crippen molar-refractivity contribution in [1.29, 1.82) is 0 Å². The minimum atomic E-state index is -0.532. The molecule has 3 aromatic rings. The average molecular weight is 538 g/mol. The zero-order valence-electron chi connectivity index (χ0n) is 23.7. The summed E-state index contributed by atoms with van der Waals surface area (Å²) in [5.41, 5.74) is 2.43. The van der Waals surface area contributed by atoms with Crippen molar-refractivity contribution in [3.63, 3.8) is 0 Å². The predicted molar refractivity (Wildman–Crippen MR) is 156 cm³/mol. The molecule has 1 aromatic carbocycles. The van der Waals surface area contributed by atoms with E-state index in [4.69, 9.17) is 4.98 Å². The van der Waals surface area contributed by atoms with Gasteiger partial charge in [-0.1, -0.05) is 33.8 Å². The van der Waals surface area contributed by atoms with Gasteiger partial charge < -0.3 is 19.7 Å². The van der Waals surface area contributed by atoms with Gasteiger partial charge in [-0.2, -0.15) is 0 Å². The lowest BCUT2D eigenvalue weighted by atomic mass is 10.0. The lowest BCUT2D eigenvalue weighted by Gasteiger charge is -2.26. The van der Waals surface area contributed by atoms with Crippen LogP contribution >= 0.6 is 11.3 Å². The topological polar surface area (TPSA) is 70.5 Å². The van der Waals surface area contributed by atoms with Gasteiger partial charge in [-0.05, 0) is 75.3 Å². The smallest absolute Gasteiger partial charge is 0.252 e. The number of aromatic nitrogens is 2. The molecule has 1 aliphatic rings. The third kappa shape index (κ3) is 6.29. The zero-order valence-corrected chi connectivity index (χ0v) is 24.6. The third-order valence-corrected chi connectivity index (χ3v) is 8.64. The van der Waals surface area contributed by atoms with Gasteiger partial charge in [0, 0.05) is 42.0 Å². The van der Waals surface area contributed by atoms with Gasteiger partial charge in [0.25, 0.3) is 5.91 Å². The Hall–Kier alpha value is -2.71. The number of imidazole rings is 1. The predicted octanol–water partition coefficient (Wildman–Crippen LogP) is 5.36. The summed E-state index contributed by atoms with van der Waals surface area (Å²) in [4.78, 5) is 37.3. The van der Waals surface area contributed by atoms with Gasteiger partial charge in [0.05, 0.1) is 11.0 Å². The van der Waals surface area contributed by atoms with E-state index in [1.165, 1.54) is 4.88 Å². The molecule has 2 aromatic heterocycles. The highest BCUT2D eigenvalue weighted by molar-refractivity contribution is 7.09. The van der Waals surface area contributed by atoms with Crippen LogP contribution in [0.25, 0.3) is 11.0 Å². The number of likely N-dealkylation sites (tertiary alicyclic amines) is 1. The largest absolute Gasteiger partial charge is 0.340 e. The summed E-state index contributed by atoms with van der Waals surface area (Å²) >= 11 is 1.74. The minimum Gasteiger partial charge on any atom is -0.340 e. The van der Waals surface area contributed by atoms with Crippen LogP contribution in [-0.2, 0) is 11.2 Å². The monoisotopic (exact) mass is 537 g/mol. The van der Waals surface area contributed by atoms with Crippen LogP contribution in [0.4, 0.5) is 0 Å². The van der Waals surface area contributed by atoms with Gasteiger partial charge in [0.1, 0.15) is 11.9 Å². The number of likely N-dealkylation sites (N-methyl/N-ethyl adjacent to an activating group) is 1. The molecule has 8 heteroatoms. The molecule has 0 unspecified atom stereocenters. The number of hydrogen-bond donors (Lipinski definition) is 1. The highest BCUT2D eigenvalue weighted by Gasteiger charge is 2.33. The van der Waals surface area contributed by atoms with Crippen LogP contribution in [0, 0.1) is 5.92 Å². The summed E-state index contributed by atoms with van der Waals surface area (Å²) in [6, 6.07) is 10.2. The maximum atomic E-state index is 13.4. The van der Waals surface area contributed by atoms with Crippen LogP contribution < -0.4 is 5.32 Å². The molecule has 2 atom stereocenters. The maximum Gasteiger partial charge on any atom is 0.252 e. The fourth-order valence-electron chi connectivity index (χ4n) is 5.56. The number of hydrogen-bond acceptors (Lipinski definition) is 5. The number of carbonyl (C=O) groups is 2. The highest BCUT2D eigenvalue weighted by atomic mass is 32.1. The molecule has 0 bridgehead atoms. The molecule has 1 aliphatic heterocycles. The summed E-state index contributed by atoms with van der Waals surface area (Å²) in [7, 11) is 4.11. The summed E-state index contributed by atoms with van der Waals surface area (Å²) in [6.07, 6.45) is 4.39. The molecule has 1 N–H and O–H groups in total. The molecular formula is C30H43N5O2S. The van der Waals surface area contributed by atoms with E-state index < -0.39 is 6.04 Å². The van der Waals surface area contributed by atoms with Crippen LogP contribution in [0.5, 0.6) is 0 Å². The third-order valence-electron chi connectivity index (χ3n) is 7.76. The van der Waals surface area contributed by atoms with E-state index in [1.807, 2.05) is 23.1 Å². The highest BCUT2D eigenvalue weighted by Crippen LogP contribution is 2.28. The van der Waals surface area contributed by atoms with E-state index >= 15 is 0 Å². The fourth-order valence-corrected chi connectivity index (χ4v) is 6.26. The fraction of sp³-hybridized carbons (Fsp3) is 0.567. The Morgan fingerprint density at radius 3 is 2.55 bits per heavy atom.